The maximum absolute atomic E-state index is 11.6. The number of nitrogens with one attached hydrogen (secondary N) is 1. The summed E-state index contributed by atoms with van der Waals surface area (Å²) in [5, 5.41) is 11.1. The summed E-state index contributed by atoms with van der Waals surface area (Å²) in [7, 11) is 1.52. The van der Waals surface area contributed by atoms with Crippen LogP contribution in [0.25, 0.3) is 0 Å². The van der Waals surface area contributed by atoms with Gasteiger partial charge in [0, 0.05) is 13.6 Å². The average Bonchev–Trinajstić information content (AvgIpc) is 2.26. The number of rotatable bonds is 5. The van der Waals surface area contributed by atoms with Gasteiger partial charge in [-0.05, 0) is 13.3 Å². The summed E-state index contributed by atoms with van der Waals surface area (Å²) >= 11 is 0. The molecule has 1 atom stereocenters. The van der Waals surface area contributed by atoms with E-state index in [1.807, 2.05) is 13.0 Å². The fraction of sp³-hybridized carbons (Fsp3) is 0.700. The molecule has 0 aliphatic carbocycles. The molecule has 0 rings (SSSR count). The van der Waals surface area contributed by atoms with Gasteiger partial charge in [0.1, 0.15) is 5.92 Å². The van der Waals surface area contributed by atoms with Gasteiger partial charge >= 0.3 is 0 Å². The Morgan fingerprint density at radius 1 is 1.53 bits per heavy atom. The number of carbonyl (C=O) groups is 2. The van der Waals surface area contributed by atoms with Crippen molar-refractivity contribution in [3.63, 3.8) is 0 Å². The van der Waals surface area contributed by atoms with Gasteiger partial charge in [0.25, 0.3) is 0 Å². The molecule has 1 unspecified atom stereocenters. The zero-order valence-electron chi connectivity index (χ0n) is 9.41. The Morgan fingerprint density at radius 2 is 2.13 bits per heavy atom. The smallest absolute Gasteiger partial charge is 0.240 e. The monoisotopic (exact) mass is 211 g/mol. The van der Waals surface area contributed by atoms with Crippen molar-refractivity contribution in [1.29, 1.82) is 5.26 Å². The second kappa shape index (κ2) is 6.82. The molecule has 0 fully saturated rings. The molecule has 5 heteroatoms. The Balaban J connectivity index is 4.45. The molecule has 84 valence electrons. The van der Waals surface area contributed by atoms with E-state index in [1.54, 1.807) is 0 Å². The van der Waals surface area contributed by atoms with Crippen LogP contribution >= 0.6 is 0 Å². The summed E-state index contributed by atoms with van der Waals surface area (Å²) in [6.45, 7) is 3.98. The molecule has 0 aromatic heterocycles. The number of nitrogens with zero attached hydrogens (tertiary/aromatic N) is 2. The number of nitriles is 1. The van der Waals surface area contributed by atoms with Crippen LogP contribution in [-0.2, 0) is 9.59 Å². The van der Waals surface area contributed by atoms with Gasteiger partial charge in [0.2, 0.25) is 11.8 Å². The third-order valence-corrected chi connectivity index (χ3v) is 1.98. The Bertz CT molecular complexity index is 270. The van der Waals surface area contributed by atoms with E-state index in [1.165, 1.54) is 18.9 Å². The Morgan fingerprint density at radius 3 is 2.53 bits per heavy atom. The van der Waals surface area contributed by atoms with E-state index in [2.05, 4.69) is 5.32 Å². The molecule has 0 aliphatic heterocycles. The van der Waals surface area contributed by atoms with E-state index in [0.29, 0.717) is 6.54 Å². The van der Waals surface area contributed by atoms with Gasteiger partial charge in [0.05, 0.1) is 12.6 Å². The predicted octanol–water partition coefficient (Wildman–Crippen LogP) is 0.131. The zero-order valence-corrected chi connectivity index (χ0v) is 9.41. The number of hydrogen-bond acceptors (Lipinski definition) is 3. The number of hydrogen-bond donors (Lipinski definition) is 1. The molecule has 0 spiro atoms. The fourth-order valence-electron chi connectivity index (χ4n) is 1.12. The Kier molecular flexibility index (Phi) is 6.11. The van der Waals surface area contributed by atoms with E-state index in [0.717, 1.165) is 6.42 Å². The van der Waals surface area contributed by atoms with Crippen molar-refractivity contribution in [1.82, 2.24) is 10.2 Å². The SMILES string of the molecule is CCCN(CC(=O)NC)C(=O)C(C)C#N. The Hall–Kier alpha value is -1.57. The molecular weight excluding hydrogens is 194 g/mol. The first-order valence-corrected chi connectivity index (χ1v) is 4.95. The van der Waals surface area contributed by atoms with Crippen LogP contribution in [0.4, 0.5) is 0 Å². The van der Waals surface area contributed by atoms with Gasteiger partial charge in [-0.25, -0.2) is 0 Å². The predicted molar refractivity (Wildman–Crippen MR) is 55.7 cm³/mol. The highest BCUT2D eigenvalue weighted by atomic mass is 16.2. The number of amides is 2. The molecule has 0 heterocycles. The van der Waals surface area contributed by atoms with Gasteiger partial charge in [-0.3, -0.25) is 9.59 Å². The first kappa shape index (κ1) is 13.4. The summed E-state index contributed by atoms with van der Waals surface area (Å²) in [5.41, 5.74) is 0. The highest BCUT2D eigenvalue weighted by Crippen LogP contribution is 2.02. The molecule has 1 N–H and O–H groups in total. The van der Waals surface area contributed by atoms with Crippen molar-refractivity contribution in [2.45, 2.75) is 20.3 Å². The van der Waals surface area contributed by atoms with Crippen molar-refractivity contribution in [3.8, 4) is 6.07 Å². The first-order chi connectivity index (χ1) is 7.06. The van der Waals surface area contributed by atoms with Crippen molar-refractivity contribution < 1.29 is 9.59 Å². The Labute approximate surface area is 90.0 Å². The van der Waals surface area contributed by atoms with Crippen LogP contribution in [-0.4, -0.2) is 36.9 Å². The minimum Gasteiger partial charge on any atom is -0.358 e. The van der Waals surface area contributed by atoms with Crippen LogP contribution in [0.2, 0.25) is 0 Å². The topological polar surface area (TPSA) is 73.2 Å². The molecule has 0 saturated carbocycles. The molecule has 5 nitrogen and oxygen atoms in total. The second-order valence-electron chi connectivity index (χ2n) is 3.28. The summed E-state index contributed by atoms with van der Waals surface area (Å²) < 4.78 is 0. The van der Waals surface area contributed by atoms with E-state index in [4.69, 9.17) is 5.26 Å². The van der Waals surface area contributed by atoms with Crippen molar-refractivity contribution in [2.75, 3.05) is 20.1 Å². The lowest BCUT2D eigenvalue weighted by Gasteiger charge is -2.22. The number of carbonyl (C=O) groups excluding carboxylic acids is 2. The third-order valence-electron chi connectivity index (χ3n) is 1.98. The quantitative estimate of drug-likeness (QED) is 0.702. The number of likely N-dealkylation sites (N-methyl/N-ethyl adjacent to an activating group) is 1. The van der Waals surface area contributed by atoms with Crippen molar-refractivity contribution in [2.24, 2.45) is 5.92 Å². The minimum absolute atomic E-state index is 0.0230. The maximum Gasteiger partial charge on any atom is 0.240 e. The van der Waals surface area contributed by atoms with Crippen LogP contribution in [0.3, 0.4) is 0 Å². The van der Waals surface area contributed by atoms with Crippen molar-refractivity contribution in [3.05, 3.63) is 0 Å². The second-order valence-corrected chi connectivity index (χ2v) is 3.28. The molecule has 0 aromatic carbocycles. The van der Waals surface area contributed by atoms with Crippen LogP contribution in [0.15, 0.2) is 0 Å². The molecule has 0 aromatic rings. The largest absolute Gasteiger partial charge is 0.358 e. The molecule has 0 bridgehead atoms. The van der Waals surface area contributed by atoms with Gasteiger partial charge in [-0.2, -0.15) is 5.26 Å². The van der Waals surface area contributed by atoms with Gasteiger partial charge in [-0.15, -0.1) is 0 Å². The fourth-order valence-corrected chi connectivity index (χ4v) is 1.12. The minimum atomic E-state index is -0.693. The molecule has 0 saturated heterocycles. The van der Waals surface area contributed by atoms with E-state index in [-0.39, 0.29) is 18.4 Å². The van der Waals surface area contributed by atoms with Gasteiger partial charge < -0.3 is 10.2 Å². The van der Waals surface area contributed by atoms with E-state index in [9.17, 15) is 9.59 Å². The molecule has 2 amide bonds. The average molecular weight is 211 g/mol. The highest BCUT2D eigenvalue weighted by molar-refractivity contribution is 5.86. The summed E-state index contributed by atoms with van der Waals surface area (Å²) in [4.78, 5) is 24.2. The standard InChI is InChI=1S/C10H17N3O2/c1-4-5-13(7-9(14)12-3)10(15)8(2)6-11/h8H,4-5,7H2,1-3H3,(H,12,14). The zero-order chi connectivity index (χ0) is 11.8. The molecular formula is C10H17N3O2. The van der Waals surface area contributed by atoms with Crippen LogP contribution < -0.4 is 5.32 Å². The highest BCUT2D eigenvalue weighted by Gasteiger charge is 2.21. The van der Waals surface area contributed by atoms with Crippen LogP contribution in [0.5, 0.6) is 0 Å². The lowest BCUT2D eigenvalue weighted by Crippen LogP contribution is -2.42. The normalized spacial score (nSPS) is 11.3. The summed E-state index contributed by atoms with van der Waals surface area (Å²) in [6, 6.07) is 1.87. The van der Waals surface area contributed by atoms with Gasteiger partial charge in [0.15, 0.2) is 0 Å². The third kappa shape index (κ3) is 4.45. The van der Waals surface area contributed by atoms with E-state index < -0.39 is 5.92 Å². The first-order valence-electron chi connectivity index (χ1n) is 4.95. The maximum atomic E-state index is 11.6. The van der Waals surface area contributed by atoms with Crippen LogP contribution in [0, 0.1) is 17.2 Å². The summed E-state index contributed by atoms with van der Waals surface area (Å²) in [6.07, 6.45) is 0.765. The molecule has 0 aliphatic rings. The lowest BCUT2D eigenvalue weighted by atomic mass is 10.1. The molecule has 15 heavy (non-hydrogen) atoms. The summed E-state index contributed by atoms with van der Waals surface area (Å²) in [5.74, 6) is -1.20. The lowest BCUT2D eigenvalue weighted by molar-refractivity contribution is -0.137. The van der Waals surface area contributed by atoms with Gasteiger partial charge in [-0.1, -0.05) is 6.92 Å². The molecule has 0 radical (unpaired) electrons. The van der Waals surface area contributed by atoms with Crippen molar-refractivity contribution >= 4 is 11.8 Å². The van der Waals surface area contributed by atoms with Crippen LogP contribution in [0.1, 0.15) is 20.3 Å². The van der Waals surface area contributed by atoms with E-state index >= 15 is 0 Å².